The van der Waals surface area contributed by atoms with Gasteiger partial charge in [-0.25, -0.2) is 4.98 Å². The van der Waals surface area contributed by atoms with Crippen molar-refractivity contribution >= 4 is 29.1 Å². The van der Waals surface area contributed by atoms with E-state index in [4.69, 9.17) is 0 Å². The minimum absolute atomic E-state index is 0.135. The Balaban J connectivity index is 1.83. The quantitative estimate of drug-likeness (QED) is 0.591. The van der Waals surface area contributed by atoms with E-state index in [-0.39, 0.29) is 11.7 Å². The van der Waals surface area contributed by atoms with Crippen molar-refractivity contribution in [2.75, 3.05) is 5.32 Å². The summed E-state index contributed by atoms with van der Waals surface area (Å²) >= 11 is 0. The Morgan fingerprint density at radius 2 is 2.04 bits per heavy atom. The summed E-state index contributed by atoms with van der Waals surface area (Å²) < 4.78 is 1.92. The van der Waals surface area contributed by atoms with Crippen LogP contribution in [0.3, 0.4) is 0 Å². The number of pyridine rings is 1. The summed E-state index contributed by atoms with van der Waals surface area (Å²) in [4.78, 5) is 27.8. The maximum Gasteiger partial charge on any atom is 0.221 e. The number of aryl methyl sites for hydroxylation is 1. The van der Waals surface area contributed by atoms with E-state index >= 15 is 0 Å². The van der Waals surface area contributed by atoms with Crippen molar-refractivity contribution in [2.45, 2.75) is 13.8 Å². The van der Waals surface area contributed by atoms with Gasteiger partial charge >= 0.3 is 0 Å². The molecule has 0 spiro atoms. The molecule has 0 atom stereocenters. The first-order valence-corrected chi connectivity index (χ1v) is 7.57. The number of carbonyl (C=O) groups is 2. The van der Waals surface area contributed by atoms with Gasteiger partial charge in [0, 0.05) is 24.4 Å². The van der Waals surface area contributed by atoms with Crippen molar-refractivity contribution in [1.29, 1.82) is 0 Å². The molecule has 1 N–H and O–H groups in total. The number of imidazole rings is 1. The molecule has 0 saturated heterocycles. The van der Waals surface area contributed by atoms with E-state index in [1.54, 1.807) is 36.5 Å². The molecule has 0 saturated carbocycles. The second-order valence-corrected chi connectivity index (χ2v) is 5.57. The molecule has 3 aromatic rings. The first kappa shape index (κ1) is 15.7. The van der Waals surface area contributed by atoms with Crippen molar-refractivity contribution < 1.29 is 9.59 Å². The van der Waals surface area contributed by atoms with E-state index in [0.29, 0.717) is 11.3 Å². The van der Waals surface area contributed by atoms with Crippen molar-refractivity contribution in [1.82, 2.24) is 9.38 Å². The average Bonchev–Trinajstić information content (AvgIpc) is 2.94. The second-order valence-electron chi connectivity index (χ2n) is 5.57. The molecule has 120 valence electrons. The van der Waals surface area contributed by atoms with Crippen LogP contribution in [0.4, 0.5) is 5.69 Å². The Morgan fingerprint density at radius 3 is 2.83 bits per heavy atom. The molecule has 0 bridgehead atoms. The van der Waals surface area contributed by atoms with Gasteiger partial charge in [-0.05, 0) is 48.9 Å². The second kappa shape index (κ2) is 6.50. The van der Waals surface area contributed by atoms with E-state index in [1.165, 1.54) is 13.0 Å². The highest BCUT2D eigenvalue weighted by Gasteiger charge is 2.05. The fourth-order valence-electron chi connectivity index (χ4n) is 2.44. The van der Waals surface area contributed by atoms with Gasteiger partial charge in [0.05, 0.1) is 11.9 Å². The predicted octanol–water partition coefficient (Wildman–Crippen LogP) is 3.50. The summed E-state index contributed by atoms with van der Waals surface area (Å²) in [6, 6.07) is 10.8. The molecule has 0 aliphatic rings. The van der Waals surface area contributed by atoms with E-state index in [0.717, 1.165) is 16.9 Å². The molecule has 1 amide bonds. The highest BCUT2D eigenvalue weighted by Crippen LogP contribution is 2.14. The smallest absolute Gasteiger partial charge is 0.221 e. The van der Waals surface area contributed by atoms with Crippen LogP contribution in [0.25, 0.3) is 11.7 Å². The molecule has 5 heteroatoms. The van der Waals surface area contributed by atoms with Gasteiger partial charge in [-0.3, -0.25) is 9.59 Å². The first-order chi connectivity index (χ1) is 11.5. The summed E-state index contributed by atoms with van der Waals surface area (Å²) in [6.45, 7) is 3.44. The summed E-state index contributed by atoms with van der Waals surface area (Å²) in [6.07, 6.45) is 6.91. The van der Waals surface area contributed by atoms with Gasteiger partial charge in [0.15, 0.2) is 5.78 Å². The van der Waals surface area contributed by atoms with E-state index < -0.39 is 0 Å². The lowest BCUT2D eigenvalue weighted by molar-refractivity contribution is -0.114. The van der Waals surface area contributed by atoms with E-state index in [1.807, 2.05) is 29.7 Å². The van der Waals surface area contributed by atoms with Crippen LogP contribution in [-0.4, -0.2) is 21.1 Å². The minimum atomic E-state index is -0.170. The molecule has 24 heavy (non-hydrogen) atoms. The normalized spacial score (nSPS) is 11.1. The number of hydrogen-bond donors (Lipinski definition) is 1. The summed E-state index contributed by atoms with van der Waals surface area (Å²) in [5.74, 6) is -0.305. The van der Waals surface area contributed by atoms with Crippen LogP contribution >= 0.6 is 0 Å². The molecule has 2 heterocycles. The van der Waals surface area contributed by atoms with Crippen molar-refractivity contribution in [3.8, 4) is 0 Å². The predicted molar refractivity (Wildman–Crippen MR) is 94.0 cm³/mol. The van der Waals surface area contributed by atoms with Crippen LogP contribution < -0.4 is 5.32 Å². The third-order valence-electron chi connectivity index (χ3n) is 3.57. The molecular formula is C19H17N3O2. The lowest BCUT2D eigenvalue weighted by Crippen LogP contribution is -2.06. The van der Waals surface area contributed by atoms with Gasteiger partial charge in [-0.15, -0.1) is 0 Å². The highest BCUT2D eigenvalue weighted by molar-refractivity contribution is 6.07. The molecule has 3 rings (SSSR count). The number of anilines is 1. The SMILES string of the molecule is CC(=O)Nc1cccc(C(=O)C=Cc2cnc3cc(C)ccn23)c1. The number of carbonyl (C=O) groups excluding carboxylic acids is 2. The van der Waals surface area contributed by atoms with E-state index in [9.17, 15) is 9.59 Å². The minimum Gasteiger partial charge on any atom is -0.326 e. The van der Waals surface area contributed by atoms with Crippen molar-refractivity contribution in [3.05, 3.63) is 71.7 Å². The number of nitrogens with zero attached hydrogens (tertiary/aromatic N) is 2. The number of benzene rings is 1. The maximum absolute atomic E-state index is 12.3. The fourth-order valence-corrected chi connectivity index (χ4v) is 2.44. The van der Waals surface area contributed by atoms with Gasteiger partial charge in [0.25, 0.3) is 0 Å². The number of hydrogen-bond acceptors (Lipinski definition) is 3. The standard InChI is InChI=1S/C19H17N3O2/c1-13-8-9-22-17(12-20-19(22)10-13)6-7-18(24)15-4-3-5-16(11-15)21-14(2)23/h3-12H,1-2H3,(H,21,23). The van der Waals surface area contributed by atoms with Crippen molar-refractivity contribution in [2.24, 2.45) is 0 Å². The van der Waals surface area contributed by atoms with Gasteiger partial charge in [0.2, 0.25) is 5.91 Å². The molecular weight excluding hydrogens is 302 g/mol. The van der Waals surface area contributed by atoms with Gasteiger partial charge in [0.1, 0.15) is 5.65 Å². The lowest BCUT2D eigenvalue weighted by Gasteiger charge is -2.03. The zero-order valence-corrected chi connectivity index (χ0v) is 13.5. The number of rotatable bonds is 4. The number of aromatic nitrogens is 2. The Labute approximate surface area is 139 Å². The molecule has 2 aromatic heterocycles. The van der Waals surface area contributed by atoms with Crippen LogP contribution in [0.1, 0.15) is 28.5 Å². The number of nitrogens with one attached hydrogen (secondary N) is 1. The van der Waals surface area contributed by atoms with Crippen molar-refractivity contribution in [3.63, 3.8) is 0 Å². The molecule has 0 aliphatic carbocycles. The zero-order chi connectivity index (χ0) is 17.1. The van der Waals surface area contributed by atoms with Crippen LogP contribution in [0.2, 0.25) is 0 Å². The van der Waals surface area contributed by atoms with E-state index in [2.05, 4.69) is 10.3 Å². The lowest BCUT2D eigenvalue weighted by atomic mass is 10.1. The Kier molecular flexibility index (Phi) is 4.24. The Hall–Kier alpha value is -3.21. The van der Waals surface area contributed by atoms with Crippen LogP contribution in [0.5, 0.6) is 0 Å². The molecule has 0 aliphatic heterocycles. The molecule has 0 unspecified atom stereocenters. The van der Waals surface area contributed by atoms with Gasteiger partial charge in [-0.2, -0.15) is 0 Å². The Morgan fingerprint density at radius 1 is 1.21 bits per heavy atom. The molecule has 5 nitrogen and oxygen atoms in total. The van der Waals surface area contributed by atoms with Crippen LogP contribution in [0, 0.1) is 6.92 Å². The monoisotopic (exact) mass is 319 g/mol. The highest BCUT2D eigenvalue weighted by atomic mass is 16.1. The molecule has 0 radical (unpaired) electrons. The molecule has 0 fully saturated rings. The van der Waals surface area contributed by atoms with Gasteiger partial charge in [-0.1, -0.05) is 12.1 Å². The number of amides is 1. The molecule has 1 aromatic carbocycles. The number of allylic oxidation sites excluding steroid dienone is 1. The Bertz CT molecular complexity index is 954. The van der Waals surface area contributed by atoms with Crippen LogP contribution in [-0.2, 0) is 4.79 Å². The average molecular weight is 319 g/mol. The third kappa shape index (κ3) is 3.41. The summed E-state index contributed by atoms with van der Waals surface area (Å²) in [5.41, 5.74) is 3.93. The summed E-state index contributed by atoms with van der Waals surface area (Å²) in [5, 5.41) is 2.67. The largest absolute Gasteiger partial charge is 0.326 e. The summed E-state index contributed by atoms with van der Waals surface area (Å²) in [7, 11) is 0. The third-order valence-corrected chi connectivity index (χ3v) is 3.57. The zero-order valence-electron chi connectivity index (χ0n) is 13.5. The van der Waals surface area contributed by atoms with Crippen LogP contribution in [0.15, 0.2) is 54.9 Å². The van der Waals surface area contributed by atoms with Gasteiger partial charge < -0.3 is 9.72 Å². The first-order valence-electron chi connectivity index (χ1n) is 7.57. The number of ketones is 1. The number of fused-ring (bicyclic) bond motifs is 1. The topological polar surface area (TPSA) is 63.5 Å². The maximum atomic E-state index is 12.3. The fraction of sp³-hybridized carbons (Fsp3) is 0.105.